The van der Waals surface area contributed by atoms with Crippen LogP contribution < -0.4 is 20.5 Å². The topological polar surface area (TPSA) is 93.8 Å². The Hall–Kier alpha value is -2.77. The summed E-state index contributed by atoms with van der Waals surface area (Å²) in [5.74, 6) is 1.54. The molecule has 0 spiro atoms. The summed E-state index contributed by atoms with van der Waals surface area (Å²) >= 11 is 0. The molecular formula is C19H26N3O4+. The minimum Gasteiger partial charge on any atom is -0.497 e. The fourth-order valence-electron chi connectivity index (χ4n) is 2.51. The molecular weight excluding hydrogens is 334 g/mol. The fraction of sp³-hybridized carbons (Fsp3) is 0.316. The zero-order chi connectivity index (χ0) is 19.0. The average Bonchev–Trinajstić information content (AvgIpc) is 2.60. The Bertz CT molecular complexity index is 717. The third-order valence-electron chi connectivity index (χ3n) is 3.88. The van der Waals surface area contributed by atoms with Crippen LogP contribution in [0, 0.1) is 0 Å². The van der Waals surface area contributed by atoms with Crippen LogP contribution in [0.2, 0.25) is 0 Å². The molecule has 1 unspecified atom stereocenters. The summed E-state index contributed by atoms with van der Waals surface area (Å²) in [6, 6.07) is 14.7. The van der Waals surface area contributed by atoms with Gasteiger partial charge >= 0.3 is 6.03 Å². The number of nitrogens with zero attached hydrogens (tertiary/aromatic N) is 1. The number of quaternary nitrogens is 1. The number of urea groups is 1. The lowest BCUT2D eigenvalue weighted by Gasteiger charge is -2.25. The summed E-state index contributed by atoms with van der Waals surface area (Å²) in [5.41, 5.74) is 7.00. The normalized spacial score (nSPS) is 12.9. The van der Waals surface area contributed by atoms with Crippen LogP contribution in [0.3, 0.4) is 0 Å². The van der Waals surface area contributed by atoms with Crippen LogP contribution in [0.1, 0.15) is 11.1 Å². The number of hydrogen-bond donors (Lipinski definition) is 3. The zero-order valence-electron chi connectivity index (χ0n) is 15.1. The van der Waals surface area contributed by atoms with Crippen LogP contribution in [-0.4, -0.2) is 43.1 Å². The Morgan fingerprint density at radius 1 is 1.15 bits per heavy atom. The molecule has 0 aliphatic carbocycles. The molecule has 2 aromatic rings. The number of carbonyl (C=O) groups is 1. The van der Waals surface area contributed by atoms with Crippen molar-refractivity contribution < 1.29 is 24.1 Å². The number of likely N-dealkylation sites (N-methyl/N-ethyl adjacent to an activating group) is 1. The van der Waals surface area contributed by atoms with E-state index in [-0.39, 0.29) is 4.65 Å². The van der Waals surface area contributed by atoms with E-state index >= 15 is 0 Å². The number of hydroxylamine groups is 3. The van der Waals surface area contributed by atoms with Gasteiger partial charge in [0.2, 0.25) is 0 Å². The molecule has 4 N–H and O–H groups in total. The van der Waals surface area contributed by atoms with E-state index in [1.54, 1.807) is 14.2 Å². The van der Waals surface area contributed by atoms with E-state index in [1.165, 1.54) is 0 Å². The molecule has 7 nitrogen and oxygen atoms in total. The number of amides is 2. The Morgan fingerprint density at radius 2 is 1.88 bits per heavy atom. The molecule has 2 rings (SSSR count). The summed E-state index contributed by atoms with van der Waals surface area (Å²) in [5, 5.41) is 12.9. The van der Waals surface area contributed by atoms with Crippen molar-refractivity contribution in [3.63, 3.8) is 0 Å². The number of carbonyl (C=O) groups excluding carboxylic acids is 1. The smallest absolute Gasteiger partial charge is 0.312 e. The molecule has 0 saturated carbocycles. The van der Waals surface area contributed by atoms with Crippen LogP contribution in [0.15, 0.2) is 48.5 Å². The Kier molecular flexibility index (Phi) is 6.82. The van der Waals surface area contributed by atoms with Crippen molar-refractivity contribution in [1.29, 1.82) is 0 Å². The largest absolute Gasteiger partial charge is 0.497 e. The lowest BCUT2D eigenvalue weighted by atomic mass is 10.2. The highest BCUT2D eigenvalue weighted by atomic mass is 16.5. The molecule has 26 heavy (non-hydrogen) atoms. The molecule has 0 saturated heterocycles. The molecule has 0 aromatic heterocycles. The summed E-state index contributed by atoms with van der Waals surface area (Å²) < 4.78 is 10.7. The van der Waals surface area contributed by atoms with Crippen molar-refractivity contribution in [2.24, 2.45) is 5.73 Å². The van der Waals surface area contributed by atoms with Gasteiger partial charge in [-0.15, -0.1) is 0 Å². The maximum Gasteiger partial charge on any atom is 0.312 e. The van der Waals surface area contributed by atoms with Gasteiger partial charge in [-0.3, -0.25) is 0 Å². The van der Waals surface area contributed by atoms with Crippen LogP contribution in [0.4, 0.5) is 4.79 Å². The van der Waals surface area contributed by atoms with Gasteiger partial charge in [-0.25, -0.2) is 10.0 Å². The first kappa shape index (κ1) is 19.6. The van der Waals surface area contributed by atoms with Gasteiger partial charge < -0.3 is 20.5 Å². The van der Waals surface area contributed by atoms with E-state index in [2.05, 4.69) is 5.32 Å². The number of rotatable bonds is 9. The molecule has 1 atom stereocenters. The molecule has 0 heterocycles. The molecule has 2 amide bonds. The molecule has 2 aromatic carbocycles. The third kappa shape index (κ3) is 6.62. The predicted molar refractivity (Wildman–Crippen MR) is 97.9 cm³/mol. The SMILES string of the molecule is COc1ccc(COc2cccc(C[N+](C)(O)CCNC(N)=O)c2)cc1. The molecule has 0 bridgehead atoms. The highest BCUT2D eigenvalue weighted by Gasteiger charge is 2.19. The summed E-state index contributed by atoms with van der Waals surface area (Å²) in [7, 11) is 3.31. The Morgan fingerprint density at radius 3 is 2.54 bits per heavy atom. The van der Waals surface area contributed by atoms with Crippen molar-refractivity contribution in [2.75, 3.05) is 27.2 Å². The van der Waals surface area contributed by atoms with Crippen LogP contribution in [0.25, 0.3) is 0 Å². The minimum absolute atomic E-state index is 0.262. The standard InChI is InChI=1S/C19H25N3O4/c1-22(24,11-10-21-19(20)23)13-16-4-3-5-18(12-16)26-14-15-6-8-17(25-2)9-7-15/h3-9,12,24H,10-11,13-14H2,1-2H3,(H2-,20,21,23)/p+1. The van der Waals surface area contributed by atoms with Gasteiger partial charge in [-0.1, -0.05) is 24.3 Å². The van der Waals surface area contributed by atoms with Gasteiger partial charge in [-0.05, 0) is 29.8 Å². The summed E-state index contributed by atoms with van der Waals surface area (Å²) in [6.07, 6.45) is 0. The number of methoxy groups -OCH3 is 1. The van der Waals surface area contributed by atoms with E-state index in [4.69, 9.17) is 15.2 Å². The van der Waals surface area contributed by atoms with Gasteiger partial charge in [0.25, 0.3) is 0 Å². The lowest BCUT2D eigenvalue weighted by Crippen LogP contribution is -2.46. The van der Waals surface area contributed by atoms with Gasteiger partial charge in [0.1, 0.15) is 31.2 Å². The monoisotopic (exact) mass is 360 g/mol. The van der Waals surface area contributed by atoms with Gasteiger partial charge in [-0.2, -0.15) is 4.65 Å². The second kappa shape index (κ2) is 9.07. The summed E-state index contributed by atoms with van der Waals surface area (Å²) in [6.45, 7) is 1.48. The first-order valence-corrected chi connectivity index (χ1v) is 8.33. The molecule has 0 fully saturated rings. The van der Waals surface area contributed by atoms with E-state index < -0.39 is 6.03 Å². The van der Waals surface area contributed by atoms with Crippen LogP contribution in [0.5, 0.6) is 11.5 Å². The second-order valence-corrected chi connectivity index (χ2v) is 6.30. The van der Waals surface area contributed by atoms with Gasteiger partial charge in [0.05, 0.1) is 20.7 Å². The maximum absolute atomic E-state index is 10.7. The number of nitrogens with one attached hydrogen (secondary N) is 1. The van der Waals surface area contributed by atoms with E-state index in [0.717, 1.165) is 22.6 Å². The third-order valence-corrected chi connectivity index (χ3v) is 3.88. The quantitative estimate of drug-likeness (QED) is 0.472. The predicted octanol–water partition coefficient (Wildman–Crippen LogP) is 2.28. The highest BCUT2D eigenvalue weighted by Crippen LogP contribution is 2.19. The lowest BCUT2D eigenvalue weighted by molar-refractivity contribution is -1.10. The Balaban J connectivity index is 1.90. The summed E-state index contributed by atoms with van der Waals surface area (Å²) in [4.78, 5) is 10.7. The second-order valence-electron chi connectivity index (χ2n) is 6.30. The molecule has 0 radical (unpaired) electrons. The molecule has 0 aliphatic heterocycles. The maximum atomic E-state index is 10.7. The average molecular weight is 360 g/mol. The fourth-order valence-corrected chi connectivity index (χ4v) is 2.51. The van der Waals surface area contributed by atoms with Gasteiger partial charge in [0, 0.05) is 5.56 Å². The van der Waals surface area contributed by atoms with Crippen LogP contribution in [-0.2, 0) is 13.2 Å². The molecule has 7 heteroatoms. The minimum atomic E-state index is -0.598. The van der Waals surface area contributed by atoms with E-state index in [9.17, 15) is 10.0 Å². The van der Waals surface area contributed by atoms with Crippen LogP contribution >= 0.6 is 0 Å². The van der Waals surface area contributed by atoms with Crippen molar-refractivity contribution in [1.82, 2.24) is 5.32 Å². The number of nitrogens with two attached hydrogens (primary N) is 1. The number of hydrogen-bond acceptors (Lipinski definition) is 4. The molecule has 0 aliphatic rings. The van der Waals surface area contributed by atoms with Crippen molar-refractivity contribution >= 4 is 6.03 Å². The number of primary amides is 1. The van der Waals surface area contributed by atoms with Gasteiger partial charge in [0.15, 0.2) is 0 Å². The first-order chi connectivity index (χ1) is 12.4. The van der Waals surface area contributed by atoms with Crippen molar-refractivity contribution in [3.05, 3.63) is 59.7 Å². The van der Waals surface area contributed by atoms with E-state index in [1.807, 2.05) is 48.5 Å². The number of ether oxygens (including phenoxy) is 2. The highest BCUT2D eigenvalue weighted by molar-refractivity contribution is 5.71. The first-order valence-electron chi connectivity index (χ1n) is 8.33. The number of benzene rings is 2. The zero-order valence-corrected chi connectivity index (χ0v) is 15.1. The Labute approximate surface area is 153 Å². The van der Waals surface area contributed by atoms with Crippen molar-refractivity contribution in [2.45, 2.75) is 13.2 Å². The van der Waals surface area contributed by atoms with E-state index in [0.29, 0.717) is 26.2 Å². The van der Waals surface area contributed by atoms with Crippen molar-refractivity contribution in [3.8, 4) is 11.5 Å². The molecule has 140 valence electrons.